The molecule has 0 unspecified atom stereocenters. The fourth-order valence-electron chi connectivity index (χ4n) is 3.07. The highest BCUT2D eigenvalue weighted by molar-refractivity contribution is 5.91. The molecule has 0 saturated carbocycles. The number of likely N-dealkylation sites (tertiary alicyclic amines) is 1. The van der Waals surface area contributed by atoms with Gasteiger partial charge in [-0.3, -0.25) is 9.59 Å². The van der Waals surface area contributed by atoms with E-state index in [9.17, 15) is 14.7 Å². The zero-order valence-corrected chi connectivity index (χ0v) is 12.6. The molecule has 2 aromatic rings. The van der Waals surface area contributed by atoms with Gasteiger partial charge >= 0.3 is 5.97 Å². The maximum Gasteiger partial charge on any atom is 0.310 e. The molecule has 0 bridgehead atoms. The number of aliphatic carboxylic acids is 1. The Morgan fingerprint density at radius 3 is 2.43 bits per heavy atom. The number of hydrogen-bond donors (Lipinski definition) is 1. The lowest BCUT2D eigenvalue weighted by Gasteiger charge is -2.38. The normalized spacial score (nSPS) is 17.0. The monoisotopic (exact) mass is 314 g/mol. The number of carbonyl (C=O) groups is 2. The Hall–Kier alpha value is -2.63. The van der Waals surface area contributed by atoms with E-state index in [1.807, 2.05) is 30.3 Å². The van der Waals surface area contributed by atoms with Crippen LogP contribution in [0.15, 0.2) is 47.1 Å². The number of piperidine rings is 1. The maximum atomic E-state index is 12.2. The summed E-state index contributed by atoms with van der Waals surface area (Å²) in [6, 6.07) is 11.1. The molecule has 1 aromatic carbocycles. The van der Waals surface area contributed by atoms with E-state index in [4.69, 9.17) is 4.52 Å². The van der Waals surface area contributed by atoms with Crippen LogP contribution in [0.1, 0.15) is 29.0 Å². The van der Waals surface area contributed by atoms with Crippen molar-refractivity contribution in [3.8, 4) is 0 Å². The summed E-state index contributed by atoms with van der Waals surface area (Å²) >= 11 is 0. The summed E-state index contributed by atoms with van der Waals surface area (Å²) in [5.41, 5.74) is 0.185. The van der Waals surface area contributed by atoms with Crippen LogP contribution in [0, 0.1) is 5.41 Å². The summed E-state index contributed by atoms with van der Waals surface area (Å²) in [5.74, 6) is -0.842. The second kappa shape index (κ2) is 6.24. The average molecular weight is 314 g/mol. The molecule has 0 radical (unpaired) electrons. The molecule has 3 rings (SSSR count). The van der Waals surface area contributed by atoms with Crippen molar-refractivity contribution in [3.63, 3.8) is 0 Å². The summed E-state index contributed by atoms with van der Waals surface area (Å²) in [5, 5.41) is 13.3. The van der Waals surface area contributed by atoms with Gasteiger partial charge in [0, 0.05) is 19.2 Å². The second-order valence-electron chi connectivity index (χ2n) is 5.92. The standard InChI is InChI=1S/C17H18N2O4/c20-15(14-6-9-18-23-14)19-10-7-17(8-11-19,16(21)22)12-13-4-2-1-3-5-13/h1-6,9H,7-8,10-12H2,(H,21,22). The van der Waals surface area contributed by atoms with Crippen LogP contribution in [0.3, 0.4) is 0 Å². The van der Waals surface area contributed by atoms with E-state index in [2.05, 4.69) is 5.16 Å². The van der Waals surface area contributed by atoms with Crippen molar-refractivity contribution in [2.45, 2.75) is 19.3 Å². The number of carboxylic acids is 1. The minimum atomic E-state index is -0.820. The van der Waals surface area contributed by atoms with Gasteiger partial charge in [-0.25, -0.2) is 0 Å². The Labute approximate surface area is 133 Å². The van der Waals surface area contributed by atoms with Gasteiger partial charge in [-0.15, -0.1) is 0 Å². The molecule has 2 heterocycles. The highest BCUT2D eigenvalue weighted by Crippen LogP contribution is 2.36. The Morgan fingerprint density at radius 1 is 1.17 bits per heavy atom. The molecule has 1 fully saturated rings. The maximum absolute atomic E-state index is 12.2. The minimum Gasteiger partial charge on any atom is -0.481 e. The van der Waals surface area contributed by atoms with Crippen molar-refractivity contribution in [3.05, 3.63) is 53.9 Å². The van der Waals surface area contributed by atoms with Gasteiger partial charge in [0.05, 0.1) is 11.6 Å². The molecule has 1 N–H and O–H groups in total. The average Bonchev–Trinajstić information content (AvgIpc) is 3.10. The van der Waals surface area contributed by atoms with Gasteiger partial charge in [0.15, 0.2) is 0 Å². The van der Waals surface area contributed by atoms with Crippen LogP contribution in [0.25, 0.3) is 0 Å². The quantitative estimate of drug-likeness (QED) is 0.935. The first-order valence-corrected chi connectivity index (χ1v) is 7.58. The van der Waals surface area contributed by atoms with Gasteiger partial charge in [0.25, 0.3) is 5.91 Å². The third-order valence-electron chi connectivity index (χ3n) is 4.50. The number of carboxylic acid groups (broad SMARTS) is 1. The van der Waals surface area contributed by atoms with Crippen LogP contribution in [-0.4, -0.2) is 40.1 Å². The molecule has 0 aliphatic carbocycles. The number of carbonyl (C=O) groups excluding carboxylic acids is 1. The van der Waals surface area contributed by atoms with Crippen LogP contribution < -0.4 is 0 Å². The van der Waals surface area contributed by atoms with E-state index in [1.54, 1.807) is 4.90 Å². The van der Waals surface area contributed by atoms with Gasteiger partial charge in [-0.05, 0) is 24.8 Å². The predicted octanol–water partition coefficient (Wildman–Crippen LogP) is 2.22. The fraction of sp³-hybridized carbons (Fsp3) is 0.353. The van der Waals surface area contributed by atoms with Gasteiger partial charge in [0.2, 0.25) is 5.76 Å². The number of aromatic nitrogens is 1. The van der Waals surface area contributed by atoms with E-state index in [1.165, 1.54) is 12.3 Å². The molecule has 1 aliphatic heterocycles. The van der Waals surface area contributed by atoms with Crippen LogP contribution in [0.5, 0.6) is 0 Å². The SMILES string of the molecule is O=C(c1ccno1)N1CCC(Cc2ccccc2)(C(=O)O)CC1. The fourth-order valence-corrected chi connectivity index (χ4v) is 3.07. The molecule has 1 aliphatic rings. The number of amides is 1. The molecule has 23 heavy (non-hydrogen) atoms. The molecule has 6 nitrogen and oxygen atoms in total. The molecule has 0 spiro atoms. The van der Waals surface area contributed by atoms with Crippen molar-refractivity contribution in [2.24, 2.45) is 5.41 Å². The smallest absolute Gasteiger partial charge is 0.310 e. The molecule has 1 saturated heterocycles. The van der Waals surface area contributed by atoms with Crippen molar-refractivity contribution in [2.75, 3.05) is 13.1 Å². The van der Waals surface area contributed by atoms with Crippen molar-refractivity contribution >= 4 is 11.9 Å². The Kier molecular flexibility index (Phi) is 4.14. The zero-order chi connectivity index (χ0) is 16.3. The molecule has 1 amide bonds. The summed E-state index contributed by atoms with van der Waals surface area (Å²) in [6.07, 6.45) is 2.76. The van der Waals surface area contributed by atoms with E-state index >= 15 is 0 Å². The van der Waals surface area contributed by atoms with E-state index in [0.717, 1.165) is 5.56 Å². The summed E-state index contributed by atoms with van der Waals surface area (Å²) < 4.78 is 4.89. The van der Waals surface area contributed by atoms with Crippen molar-refractivity contribution < 1.29 is 19.2 Å². The van der Waals surface area contributed by atoms with Crippen LogP contribution in [0.2, 0.25) is 0 Å². The van der Waals surface area contributed by atoms with Crippen molar-refractivity contribution in [1.82, 2.24) is 10.1 Å². The second-order valence-corrected chi connectivity index (χ2v) is 5.92. The lowest BCUT2D eigenvalue weighted by molar-refractivity contribution is -0.151. The van der Waals surface area contributed by atoms with Crippen LogP contribution >= 0.6 is 0 Å². The summed E-state index contributed by atoms with van der Waals surface area (Å²) in [6.45, 7) is 0.803. The van der Waals surface area contributed by atoms with Gasteiger partial charge in [-0.1, -0.05) is 35.5 Å². The predicted molar refractivity (Wildman–Crippen MR) is 81.9 cm³/mol. The highest BCUT2D eigenvalue weighted by atomic mass is 16.5. The first kappa shape index (κ1) is 15.3. The third-order valence-corrected chi connectivity index (χ3v) is 4.50. The first-order chi connectivity index (χ1) is 11.1. The molecular weight excluding hydrogens is 296 g/mol. The minimum absolute atomic E-state index is 0.191. The summed E-state index contributed by atoms with van der Waals surface area (Å²) in [4.78, 5) is 25.7. The van der Waals surface area contributed by atoms with E-state index in [-0.39, 0.29) is 11.7 Å². The summed E-state index contributed by atoms with van der Waals surface area (Å²) in [7, 11) is 0. The highest BCUT2D eigenvalue weighted by Gasteiger charge is 2.42. The first-order valence-electron chi connectivity index (χ1n) is 7.58. The molecule has 0 atom stereocenters. The molecular formula is C17H18N2O4. The lowest BCUT2D eigenvalue weighted by Crippen LogP contribution is -2.47. The molecule has 6 heteroatoms. The zero-order valence-electron chi connectivity index (χ0n) is 12.6. The Bertz CT molecular complexity index is 674. The van der Waals surface area contributed by atoms with Gasteiger partial charge in [0.1, 0.15) is 0 Å². The molecule has 1 aromatic heterocycles. The number of rotatable bonds is 4. The Morgan fingerprint density at radius 2 is 1.87 bits per heavy atom. The van der Waals surface area contributed by atoms with Crippen LogP contribution in [0.4, 0.5) is 0 Å². The third kappa shape index (κ3) is 3.11. The van der Waals surface area contributed by atoms with E-state index < -0.39 is 11.4 Å². The van der Waals surface area contributed by atoms with E-state index in [0.29, 0.717) is 32.4 Å². The number of benzene rings is 1. The Balaban J connectivity index is 1.71. The topological polar surface area (TPSA) is 83.6 Å². The largest absolute Gasteiger partial charge is 0.481 e. The number of nitrogens with zero attached hydrogens (tertiary/aromatic N) is 2. The lowest BCUT2D eigenvalue weighted by atomic mass is 9.74. The molecule has 120 valence electrons. The van der Waals surface area contributed by atoms with Gasteiger partial charge < -0.3 is 14.5 Å². The van der Waals surface area contributed by atoms with Gasteiger partial charge in [-0.2, -0.15) is 0 Å². The number of hydrogen-bond acceptors (Lipinski definition) is 4. The van der Waals surface area contributed by atoms with Crippen LogP contribution in [-0.2, 0) is 11.2 Å². The van der Waals surface area contributed by atoms with Crippen molar-refractivity contribution in [1.29, 1.82) is 0 Å².